The molecule has 0 aromatic heterocycles. The zero-order valence-corrected chi connectivity index (χ0v) is 9.70. The molecule has 0 radical (unpaired) electrons. The summed E-state index contributed by atoms with van der Waals surface area (Å²) in [5, 5.41) is 8.77. The second-order valence-electron chi connectivity index (χ2n) is 2.72. The van der Waals surface area contributed by atoms with E-state index in [-0.39, 0.29) is 12.4 Å². The Morgan fingerprint density at radius 1 is 1.31 bits per heavy atom. The second kappa shape index (κ2) is 4.63. The highest BCUT2D eigenvalue weighted by Crippen LogP contribution is 2.20. The van der Waals surface area contributed by atoms with Gasteiger partial charge in [-0.25, -0.2) is 4.79 Å². The fourth-order valence-electron chi connectivity index (χ4n) is 1.01. The van der Waals surface area contributed by atoms with Gasteiger partial charge in [-0.3, -0.25) is 0 Å². The van der Waals surface area contributed by atoms with Crippen LogP contribution in [0, 0.1) is 13.8 Å². The molecule has 2 nitrogen and oxygen atoms in total. The molecule has 0 bridgehead atoms. The highest BCUT2D eigenvalue weighted by molar-refractivity contribution is 9.10. The summed E-state index contributed by atoms with van der Waals surface area (Å²) >= 11 is 3.34. The monoisotopic (exact) mass is 264 g/mol. The average Bonchev–Trinajstić information content (AvgIpc) is 1.96. The first-order chi connectivity index (χ1) is 5.52. The van der Waals surface area contributed by atoms with E-state index in [0.717, 1.165) is 15.6 Å². The van der Waals surface area contributed by atoms with Crippen LogP contribution in [-0.4, -0.2) is 11.1 Å². The van der Waals surface area contributed by atoms with Gasteiger partial charge in [-0.2, -0.15) is 0 Å². The summed E-state index contributed by atoms with van der Waals surface area (Å²) in [6.45, 7) is 3.66. The highest BCUT2D eigenvalue weighted by Gasteiger charge is 2.08. The van der Waals surface area contributed by atoms with Crippen molar-refractivity contribution in [3.05, 3.63) is 33.3 Å². The van der Waals surface area contributed by atoms with Crippen molar-refractivity contribution in [2.75, 3.05) is 0 Å². The van der Waals surface area contributed by atoms with E-state index < -0.39 is 5.97 Å². The highest BCUT2D eigenvalue weighted by atomic mass is 79.9. The third-order valence-electron chi connectivity index (χ3n) is 1.74. The maximum Gasteiger partial charge on any atom is 0.335 e. The molecule has 72 valence electrons. The van der Waals surface area contributed by atoms with Gasteiger partial charge in [-0.15, -0.1) is 12.4 Å². The molecular formula is C9H10BrClO2. The Morgan fingerprint density at radius 2 is 1.85 bits per heavy atom. The van der Waals surface area contributed by atoms with Gasteiger partial charge in [-0.05, 0) is 37.1 Å². The largest absolute Gasteiger partial charge is 0.478 e. The van der Waals surface area contributed by atoms with E-state index in [1.165, 1.54) is 0 Å². The van der Waals surface area contributed by atoms with Gasteiger partial charge in [0.15, 0.2) is 0 Å². The summed E-state index contributed by atoms with van der Waals surface area (Å²) in [7, 11) is 0. The molecule has 4 heteroatoms. The lowest BCUT2D eigenvalue weighted by Crippen LogP contribution is -2.00. The molecule has 13 heavy (non-hydrogen) atoms. The molecule has 0 spiro atoms. The Kier molecular flexibility index (Phi) is 4.44. The topological polar surface area (TPSA) is 37.3 Å². The van der Waals surface area contributed by atoms with E-state index in [4.69, 9.17) is 5.11 Å². The van der Waals surface area contributed by atoms with Gasteiger partial charge in [0.1, 0.15) is 0 Å². The predicted molar refractivity (Wildman–Crippen MR) is 57.8 cm³/mol. The van der Waals surface area contributed by atoms with Crippen molar-refractivity contribution in [1.82, 2.24) is 0 Å². The van der Waals surface area contributed by atoms with Crippen molar-refractivity contribution < 1.29 is 9.90 Å². The smallest absolute Gasteiger partial charge is 0.335 e. The van der Waals surface area contributed by atoms with Gasteiger partial charge in [0.05, 0.1) is 5.56 Å². The van der Waals surface area contributed by atoms with E-state index in [0.29, 0.717) is 5.56 Å². The fourth-order valence-corrected chi connectivity index (χ4v) is 1.47. The van der Waals surface area contributed by atoms with Crippen LogP contribution in [0.15, 0.2) is 16.6 Å². The minimum absolute atomic E-state index is 0. The number of hydrogen-bond donors (Lipinski definition) is 1. The van der Waals surface area contributed by atoms with Crippen LogP contribution in [0.4, 0.5) is 0 Å². The molecule has 1 aromatic carbocycles. The molecule has 0 unspecified atom stereocenters. The average molecular weight is 266 g/mol. The summed E-state index contributed by atoms with van der Waals surface area (Å²) in [5.74, 6) is -0.872. The molecule has 1 N–H and O–H groups in total. The molecule has 0 aliphatic rings. The summed E-state index contributed by atoms with van der Waals surface area (Å²) < 4.78 is 0.949. The molecule has 0 aliphatic heterocycles. The quantitative estimate of drug-likeness (QED) is 0.847. The van der Waals surface area contributed by atoms with Crippen LogP contribution in [0.1, 0.15) is 21.5 Å². The van der Waals surface area contributed by atoms with Gasteiger partial charge in [0, 0.05) is 4.47 Å². The SMILES string of the molecule is Cc1cc(C(=O)O)c(C)cc1Br.Cl. The van der Waals surface area contributed by atoms with Crippen LogP contribution < -0.4 is 0 Å². The molecule has 0 saturated heterocycles. The minimum atomic E-state index is -0.872. The molecule has 0 saturated carbocycles. The lowest BCUT2D eigenvalue weighted by Gasteiger charge is -2.03. The maximum atomic E-state index is 10.7. The van der Waals surface area contributed by atoms with Crippen molar-refractivity contribution >= 4 is 34.3 Å². The Labute approximate surface area is 91.5 Å². The Balaban J connectivity index is 0.00000144. The van der Waals surface area contributed by atoms with Crippen molar-refractivity contribution in [2.24, 2.45) is 0 Å². The van der Waals surface area contributed by atoms with Gasteiger partial charge in [0.25, 0.3) is 0 Å². The van der Waals surface area contributed by atoms with Crippen LogP contribution in [0.3, 0.4) is 0 Å². The number of hydrogen-bond acceptors (Lipinski definition) is 1. The first-order valence-electron chi connectivity index (χ1n) is 3.52. The van der Waals surface area contributed by atoms with E-state index >= 15 is 0 Å². The standard InChI is InChI=1S/C9H9BrO2.ClH/c1-5-4-8(10)6(2)3-7(5)9(11)12;/h3-4H,1-2H3,(H,11,12);1H. The van der Waals surface area contributed by atoms with Crippen molar-refractivity contribution in [1.29, 1.82) is 0 Å². The number of carboxylic acids is 1. The Bertz CT molecular complexity index is 337. The maximum absolute atomic E-state index is 10.7. The van der Waals surface area contributed by atoms with E-state index in [1.54, 1.807) is 13.0 Å². The third-order valence-corrected chi connectivity index (χ3v) is 2.59. The van der Waals surface area contributed by atoms with Gasteiger partial charge in [-0.1, -0.05) is 15.9 Å². The molecule has 0 aliphatic carbocycles. The van der Waals surface area contributed by atoms with Crippen molar-refractivity contribution in [2.45, 2.75) is 13.8 Å². The molecule has 0 heterocycles. The molecular weight excluding hydrogens is 255 g/mol. The summed E-state index contributed by atoms with van der Waals surface area (Å²) in [4.78, 5) is 10.7. The number of aromatic carboxylic acids is 1. The number of carbonyl (C=O) groups is 1. The van der Waals surface area contributed by atoms with Crippen molar-refractivity contribution in [3.8, 4) is 0 Å². The van der Waals surface area contributed by atoms with Crippen LogP contribution in [0.5, 0.6) is 0 Å². The van der Waals surface area contributed by atoms with Crippen LogP contribution >= 0.6 is 28.3 Å². The lowest BCUT2D eigenvalue weighted by molar-refractivity contribution is 0.0696. The number of carboxylic acid groups (broad SMARTS) is 1. The Morgan fingerprint density at radius 3 is 2.31 bits per heavy atom. The molecule has 0 atom stereocenters. The second-order valence-corrected chi connectivity index (χ2v) is 3.58. The molecule has 0 fully saturated rings. The van der Waals surface area contributed by atoms with Gasteiger partial charge >= 0.3 is 5.97 Å². The molecule has 1 aromatic rings. The number of halogens is 2. The third kappa shape index (κ3) is 2.71. The number of benzene rings is 1. The fraction of sp³-hybridized carbons (Fsp3) is 0.222. The summed E-state index contributed by atoms with van der Waals surface area (Å²) in [5.41, 5.74) is 2.09. The van der Waals surface area contributed by atoms with Crippen LogP contribution in [0.25, 0.3) is 0 Å². The normalized spacial score (nSPS) is 9.15. The Hall–Kier alpha value is -0.540. The molecule has 0 amide bonds. The summed E-state index contributed by atoms with van der Waals surface area (Å²) in [6, 6.07) is 3.49. The van der Waals surface area contributed by atoms with Crippen LogP contribution in [-0.2, 0) is 0 Å². The van der Waals surface area contributed by atoms with Crippen molar-refractivity contribution in [3.63, 3.8) is 0 Å². The van der Waals surface area contributed by atoms with Gasteiger partial charge in [0.2, 0.25) is 0 Å². The minimum Gasteiger partial charge on any atom is -0.478 e. The summed E-state index contributed by atoms with van der Waals surface area (Å²) in [6.07, 6.45) is 0. The van der Waals surface area contributed by atoms with Crippen LogP contribution in [0.2, 0.25) is 0 Å². The first kappa shape index (κ1) is 12.5. The number of rotatable bonds is 1. The molecule has 1 rings (SSSR count). The lowest BCUT2D eigenvalue weighted by atomic mass is 10.1. The van der Waals surface area contributed by atoms with E-state index in [2.05, 4.69) is 15.9 Å². The number of aryl methyl sites for hydroxylation is 2. The zero-order valence-electron chi connectivity index (χ0n) is 7.30. The van der Waals surface area contributed by atoms with E-state index in [1.807, 2.05) is 13.0 Å². The first-order valence-corrected chi connectivity index (χ1v) is 4.31. The predicted octanol–water partition coefficient (Wildman–Crippen LogP) is 3.19. The van der Waals surface area contributed by atoms with E-state index in [9.17, 15) is 4.79 Å². The zero-order chi connectivity index (χ0) is 9.30. The van der Waals surface area contributed by atoms with Gasteiger partial charge < -0.3 is 5.11 Å².